The fourth-order valence-electron chi connectivity index (χ4n) is 2.17. The van der Waals surface area contributed by atoms with Crippen molar-refractivity contribution in [3.8, 4) is 0 Å². The molecule has 1 aliphatic rings. The summed E-state index contributed by atoms with van der Waals surface area (Å²) in [5.74, 6) is 0. The second kappa shape index (κ2) is 4.94. The molecule has 1 saturated heterocycles. The van der Waals surface area contributed by atoms with Crippen LogP contribution in [0.2, 0.25) is 0 Å². The minimum absolute atomic E-state index is 0.0782. The number of aryl methyl sites for hydroxylation is 1. The topological polar surface area (TPSA) is 79.4 Å². The van der Waals surface area contributed by atoms with Crippen molar-refractivity contribution in [3.63, 3.8) is 0 Å². The third-order valence-electron chi connectivity index (χ3n) is 3.10. The van der Waals surface area contributed by atoms with Crippen LogP contribution in [0.1, 0.15) is 6.42 Å². The fourth-order valence-corrected chi connectivity index (χ4v) is 2.17. The molecular formula is C12H13N3O4. The molecule has 0 radical (unpaired) electrons. The Labute approximate surface area is 108 Å². The number of nitrogens with zero attached hydrogens (tertiary/aromatic N) is 3. The molecule has 2 aromatic rings. The summed E-state index contributed by atoms with van der Waals surface area (Å²) in [5.41, 5.74) is 0.957. The molecule has 0 spiro atoms. The van der Waals surface area contributed by atoms with E-state index >= 15 is 0 Å². The molecule has 1 aromatic carbocycles. The maximum atomic E-state index is 10.7. The van der Waals surface area contributed by atoms with Gasteiger partial charge in [0.2, 0.25) is 0 Å². The van der Waals surface area contributed by atoms with Crippen molar-refractivity contribution in [2.24, 2.45) is 0 Å². The van der Waals surface area contributed by atoms with Crippen LogP contribution in [0.3, 0.4) is 0 Å². The number of rotatable bonds is 4. The number of benzene rings is 1. The summed E-state index contributed by atoms with van der Waals surface area (Å²) in [6.07, 6.45) is 2.18. The van der Waals surface area contributed by atoms with E-state index in [4.69, 9.17) is 9.47 Å². The average molecular weight is 263 g/mol. The van der Waals surface area contributed by atoms with Gasteiger partial charge in [-0.25, -0.2) is 0 Å². The monoisotopic (exact) mass is 263 g/mol. The SMILES string of the molecule is O=[N+]([O-])c1ccc2c(cnn2CCC2OCCO2)c1. The van der Waals surface area contributed by atoms with E-state index in [1.807, 2.05) is 4.68 Å². The molecule has 0 amide bonds. The summed E-state index contributed by atoms with van der Waals surface area (Å²) >= 11 is 0. The molecule has 1 fully saturated rings. The van der Waals surface area contributed by atoms with E-state index in [9.17, 15) is 10.1 Å². The summed E-state index contributed by atoms with van der Waals surface area (Å²) in [5, 5.41) is 15.7. The van der Waals surface area contributed by atoms with E-state index in [-0.39, 0.29) is 12.0 Å². The third kappa shape index (κ3) is 2.42. The van der Waals surface area contributed by atoms with Crippen LogP contribution in [0, 0.1) is 10.1 Å². The van der Waals surface area contributed by atoms with Crippen LogP contribution in [0.25, 0.3) is 10.9 Å². The lowest BCUT2D eigenvalue weighted by atomic mass is 10.2. The standard InChI is InChI=1S/C12H13N3O4/c16-15(17)10-1-2-11-9(7-10)8-13-14(11)4-3-12-18-5-6-19-12/h1-2,7-8,12H,3-6H2. The molecule has 100 valence electrons. The minimum Gasteiger partial charge on any atom is -0.350 e. The van der Waals surface area contributed by atoms with Crippen molar-refractivity contribution < 1.29 is 14.4 Å². The summed E-state index contributed by atoms with van der Waals surface area (Å²) in [6.45, 7) is 1.93. The van der Waals surface area contributed by atoms with Crippen LogP contribution in [-0.2, 0) is 16.0 Å². The quantitative estimate of drug-likeness (QED) is 0.619. The molecule has 0 aliphatic carbocycles. The van der Waals surface area contributed by atoms with Gasteiger partial charge in [0.1, 0.15) is 0 Å². The van der Waals surface area contributed by atoms with Crippen molar-refractivity contribution in [2.75, 3.05) is 13.2 Å². The lowest BCUT2D eigenvalue weighted by Gasteiger charge is -2.09. The van der Waals surface area contributed by atoms with Gasteiger partial charge in [-0.3, -0.25) is 14.8 Å². The van der Waals surface area contributed by atoms with Crippen LogP contribution in [0.15, 0.2) is 24.4 Å². The van der Waals surface area contributed by atoms with E-state index in [2.05, 4.69) is 5.10 Å². The molecule has 0 atom stereocenters. The molecule has 7 nitrogen and oxygen atoms in total. The highest BCUT2D eigenvalue weighted by Crippen LogP contribution is 2.21. The third-order valence-corrected chi connectivity index (χ3v) is 3.10. The van der Waals surface area contributed by atoms with Crippen LogP contribution in [0.5, 0.6) is 0 Å². The summed E-state index contributed by atoms with van der Waals surface area (Å²) < 4.78 is 12.5. The van der Waals surface area contributed by atoms with Gasteiger partial charge in [0.25, 0.3) is 5.69 Å². The molecule has 2 heterocycles. The molecular weight excluding hydrogens is 250 g/mol. The van der Waals surface area contributed by atoms with Gasteiger partial charge in [-0.1, -0.05) is 0 Å². The van der Waals surface area contributed by atoms with Gasteiger partial charge in [0.05, 0.1) is 29.9 Å². The van der Waals surface area contributed by atoms with Gasteiger partial charge in [0, 0.05) is 30.5 Å². The second-order valence-corrected chi connectivity index (χ2v) is 4.33. The summed E-state index contributed by atoms with van der Waals surface area (Å²) in [7, 11) is 0. The number of hydrogen-bond donors (Lipinski definition) is 0. The predicted octanol–water partition coefficient (Wildman–Crippen LogP) is 1.71. The first-order valence-corrected chi connectivity index (χ1v) is 6.07. The highest BCUT2D eigenvalue weighted by molar-refractivity contribution is 5.81. The Balaban J connectivity index is 1.78. The number of aromatic nitrogens is 2. The van der Waals surface area contributed by atoms with Crippen molar-refractivity contribution >= 4 is 16.6 Å². The maximum absolute atomic E-state index is 10.7. The zero-order valence-corrected chi connectivity index (χ0v) is 10.2. The zero-order chi connectivity index (χ0) is 13.2. The van der Waals surface area contributed by atoms with E-state index in [1.54, 1.807) is 12.3 Å². The number of hydrogen-bond acceptors (Lipinski definition) is 5. The number of nitro groups is 1. The van der Waals surface area contributed by atoms with E-state index in [0.717, 1.165) is 10.9 Å². The zero-order valence-electron chi connectivity index (χ0n) is 10.2. The van der Waals surface area contributed by atoms with Gasteiger partial charge in [0.15, 0.2) is 6.29 Å². The number of ether oxygens (including phenoxy) is 2. The molecule has 0 saturated carbocycles. The fraction of sp³-hybridized carbons (Fsp3) is 0.417. The molecule has 1 aromatic heterocycles. The van der Waals surface area contributed by atoms with E-state index in [1.165, 1.54) is 12.1 Å². The first-order valence-electron chi connectivity index (χ1n) is 6.07. The van der Waals surface area contributed by atoms with Crippen LogP contribution >= 0.6 is 0 Å². The number of nitro benzene ring substituents is 1. The maximum Gasteiger partial charge on any atom is 0.270 e. The average Bonchev–Trinajstić information content (AvgIpc) is 3.05. The van der Waals surface area contributed by atoms with Crippen molar-refractivity contribution in [2.45, 2.75) is 19.3 Å². The molecule has 0 bridgehead atoms. The minimum atomic E-state index is -0.406. The summed E-state index contributed by atoms with van der Waals surface area (Å²) in [4.78, 5) is 10.3. The van der Waals surface area contributed by atoms with E-state index in [0.29, 0.717) is 26.2 Å². The van der Waals surface area contributed by atoms with Gasteiger partial charge >= 0.3 is 0 Å². The van der Waals surface area contributed by atoms with E-state index < -0.39 is 4.92 Å². The van der Waals surface area contributed by atoms with Crippen LogP contribution in [-0.4, -0.2) is 34.2 Å². The molecule has 7 heteroatoms. The Morgan fingerprint density at radius 1 is 1.42 bits per heavy atom. The Morgan fingerprint density at radius 3 is 2.95 bits per heavy atom. The lowest BCUT2D eigenvalue weighted by Crippen LogP contribution is -2.12. The molecule has 3 rings (SSSR count). The van der Waals surface area contributed by atoms with Crippen LogP contribution in [0.4, 0.5) is 5.69 Å². The normalized spacial score (nSPS) is 16.2. The first kappa shape index (κ1) is 12.1. The number of non-ortho nitro benzene ring substituents is 1. The Bertz CT molecular complexity index is 604. The van der Waals surface area contributed by atoms with Crippen molar-refractivity contribution in [1.29, 1.82) is 0 Å². The largest absolute Gasteiger partial charge is 0.350 e. The van der Waals surface area contributed by atoms with Gasteiger partial charge in [-0.05, 0) is 6.07 Å². The predicted molar refractivity (Wildman–Crippen MR) is 66.7 cm³/mol. The van der Waals surface area contributed by atoms with Crippen molar-refractivity contribution in [1.82, 2.24) is 9.78 Å². The molecule has 19 heavy (non-hydrogen) atoms. The smallest absolute Gasteiger partial charge is 0.270 e. The van der Waals surface area contributed by atoms with Gasteiger partial charge in [-0.15, -0.1) is 0 Å². The number of fused-ring (bicyclic) bond motifs is 1. The summed E-state index contributed by atoms with van der Waals surface area (Å²) in [6, 6.07) is 4.74. The van der Waals surface area contributed by atoms with Gasteiger partial charge in [-0.2, -0.15) is 5.10 Å². The molecule has 0 unspecified atom stereocenters. The highest BCUT2D eigenvalue weighted by atomic mass is 16.7. The second-order valence-electron chi connectivity index (χ2n) is 4.33. The van der Waals surface area contributed by atoms with Crippen LogP contribution < -0.4 is 0 Å². The first-order chi connectivity index (χ1) is 9.24. The highest BCUT2D eigenvalue weighted by Gasteiger charge is 2.16. The Hall–Kier alpha value is -1.99. The van der Waals surface area contributed by atoms with Crippen molar-refractivity contribution in [3.05, 3.63) is 34.5 Å². The lowest BCUT2D eigenvalue weighted by molar-refractivity contribution is -0.384. The Kier molecular flexibility index (Phi) is 3.14. The van der Waals surface area contributed by atoms with Gasteiger partial charge < -0.3 is 9.47 Å². The Morgan fingerprint density at radius 2 is 2.21 bits per heavy atom. The molecule has 1 aliphatic heterocycles. The molecule has 0 N–H and O–H groups in total.